The molecule has 98 valence electrons. The second-order valence-corrected chi connectivity index (χ2v) is 4.10. The highest BCUT2D eigenvalue weighted by Gasteiger charge is 2.17. The number of aryl methyl sites for hydroxylation is 1. The summed E-state index contributed by atoms with van der Waals surface area (Å²) in [5.41, 5.74) is 0.507. The van der Waals surface area contributed by atoms with E-state index in [1.165, 1.54) is 6.07 Å². The second-order valence-electron chi connectivity index (χ2n) is 4.10. The van der Waals surface area contributed by atoms with Crippen molar-refractivity contribution in [1.82, 2.24) is 4.98 Å². The van der Waals surface area contributed by atoms with Crippen molar-refractivity contribution in [3.63, 3.8) is 0 Å². The number of aromatic nitrogens is 1. The normalized spacial score (nSPS) is 10.2. The van der Waals surface area contributed by atoms with Gasteiger partial charge >= 0.3 is 5.97 Å². The highest BCUT2D eigenvalue weighted by molar-refractivity contribution is 5.90. The van der Waals surface area contributed by atoms with Crippen molar-refractivity contribution in [3.8, 4) is 5.88 Å². The van der Waals surface area contributed by atoms with E-state index in [0.29, 0.717) is 5.69 Å². The first-order valence-electron chi connectivity index (χ1n) is 5.72. The summed E-state index contributed by atoms with van der Waals surface area (Å²) in [4.78, 5) is 25.5. The molecule has 0 spiro atoms. The number of aromatic amines is 1. The number of H-pyrrole nitrogens is 1. The number of rotatable bonds is 4. The van der Waals surface area contributed by atoms with Crippen LogP contribution in [0, 0.1) is 6.92 Å². The van der Waals surface area contributed by atoms with E-state index in [-0.39, 0.29) is 18.1 Å². The Bertz CT molecular complexity index is 646. The molecule has 0 bridgehead atoms. The molecule has 19 heavy (non-hydrogen) atoms. The Kier molecular flexibility index (Phi) is 3.66. The SMILES string of the molecule is Cc1cc(=O)c(C(=O)O)c(OCc2ccccc2)[nH]1. The number of hydrogen-bond donors (Lipinski definition) is 2. The molecule has 0 saturated carbocycles. The zero-order chi connectivity index (χ0) is 13.8. The molecule has 0 fully saturated rings. The van der Waals surface area contributed by atoms with Crippen molar-refractivity contribution >= 4 is 5.97 Å². The molecule has 0 radical (unpaired) electrons. The third-order valence-corrected chi connectivity index (χ3v) is 2.57. The topological polar surface area (TPSA) is 79.4 Å². The average Bonchev–Trinajstić information content (AvgIpc) is 2.36. The van der Waals surface area contributed by atoms with Crippen LogP contribution in [0.4, 0.5) is 0 Å². The van der Waals surface area contributed by atoms with Crippen molar-refractivity contribution < 1.29 is 14.6 Å². The van der Waals surface area contributed by atoms with Gasteiger partial charge in [0.15, 0.2) is 11.0 Å². The first-order chi connectivity index (χ1) is 9.08. The van der Waals surface area contributed by atoms with Gasteiger partial charge in [-0.2, -0.15) is 0 Å². The number of hydrogen-bond acceptors (Lipinski definition) is 3. The maximum atomic E-state index is 11.6. The zero-order valence-corrected chi connectivity index (χ0v) is 10.3. The lowest BCUT2D eigenvalue weighted by atomic mass is 10.2. The highest BCUT2D eigenvalue weighted by Crippen LogP contribution is 2.14. The van der Waals surface area contributed by atoms with Gasteiger partial charge in [0, 0.05) is 11.8 Å². The fourth-order valence-electron chi connectivity index (χ4n) is 1.70. The van der Waals surface area contributed by atoms with Gasteiger partial charge in [-0.3, -0.25) is 4.79 Å². The molecule has 2 rings (SSSR count). The average molecular weight is 259 g/mol. The minimum absolute atomic E-state index is 0.0126. The lowest BCUT2D eigenvalue weighted by Gasteiger charge is -2.09. The molecule has 0 aliphatic carbocycles. The van der Waals surface area contributed by atoms with E-state index in [1.807, 2.05) is 30.3 Å². The van der Waals surface area contributed by atoms with Gasteiger partial charge < -0.3 is 14.8 Å². The molecule has 5 heteroatoms. The van der Waals surface area contributed by atoms with Crippen LogP contribution in [0.5, 0.6) is 5.88 Å². The molecule has 0 unspecified atom stereocenters. The maximum Gasteiger partial charge on any atom is 0.345 e. The maximum absolute atomic E-state index is 11.6. The van der Waals surface area contributed by atoms with E-state index >= 15 is 0 Å². The van der Waals surface area contributed by atoms with E-state index in [1.54, 1.807) is 6.92 Å². The first-order valence-corrected chi connectivity index (χ1v) is 5.72. The first kappa shape index (κ1) is 12.9. The highest BCUT2D eigenvalue weighted by atomic mass is 16.5. The smallest absolute Gasteiger partial charge is 0.345 e. The molecule has 0 aliphatic rings. The van der Waals surface area contributed by atoms with Crippen LogP contribution < -0.4 is 10.2 Å². The zero-order valence-electron chi connectivity index (χ0n) is 10.3. The van der Waals surface area contributed by atoms with Crippen molar-refractivity contribution in [2.45, 2.75) is 13.5 Å². The summed E-state index contributed by atoms with van der Waals surface area (Å²) in [5.74, 6) is -1.31. The van der Waals surface area contributed by atoms with Crippen molar-refractivity contribution in [2.24, 2.45) is 0 Å². The number of pyridine rings is 1. The van der Waals surface area contributed by atoms with Crippen molar-refractivity contribution in [3.05, 3.63) is 63.4 Å². The van der Waals surface area contributed by atoms with Crippen LogP contribution in [0.1, 0.15) is 21.6 Å². The van der Waals surface area contributed by atoms with Gasteiger partial charge in [-0.05, 0) is 12.5 Å². The van der Waals surface area contributed by atoms with Gasteiger partial charge in [0.05, 0.1) is 0 Å². The number of aromatic carboxylic acids is 1. The molecule has 2 aromatic rings. The summed E-state index contributed by atoms with van der Waals surface area (Å²) in [6, 6.07) is 10.5. The quantitative estimate of drug-likeness (QED) is 0.879. The van der Waals surface area contributed by atoms with Gasteiger partial charge in [-0.1, -0.05) is 30.3 Å². The molecule has 1 aromatic heterocycles. The number of ether oxygens (including phenoxy) is 1. The number of carboxylic acid groups (broad SMARTS) is 1. The summed E-state index contributed by atoms with van der Waals surface area (Å²) < 4.78 is 5.41. The fourth-order valence-corrected chi connectivity index (χ4v) is 1.70. The van der Waals surface area contributed by atoms with Gasteiger partial charge in [0.25, 0.3) is 0 Å². The molecule has 0 atom stereocenters. The molecule has 1 heterocycles. The van der Waals surface area contributed by atoms with Crippen LogP contribution in [-0.2, 0) is 6.61 Å². The molecule has 2 N–H and O–H groups in total. The minimum atomic E-state index is -1.30. The van der Waals surface area contributed by atoms with Crippen LogP contribution in [0.3, 0.4) is 0 Å². The summed E-state index contributed by atoms with van der Waals surface area (Å²) in [5, 5.41) is 9.03. The van der Waals surface area contributed by atoms with Crippen LogP contribution in [0.2, 0.25) is 0 Å². The molecule has 0 aliphatic heterocycles. The predicted molar refractivity (Wildman–Crippen MR) is 69.5 cm³/mol. The molecular weight excluding hydrogens is 246 g/mol. The Hall–Kier alpha value is -2.56. The molecule has 5 nitrogen and oxygen atoms in total. The van der Waals surface area contributed by atoms with E-state index in [2.05, 4.69) is 4.98 Å². The van der Waals surface area contributed by atoms with E-state index in [0.717, 1.165) is 5.56 Å². The van der Waals surface area contributed by atoms with E-state index in [4.69, 9.17) is 9.84 Å². The largest absolute Gasteiger partial charge is 0.477 e. The lowest BCUT2D eigenvalue weighted by Crippen LogP contribution is -2.18. The summed E-state index contributed by atoms with van der Waals surface area (Å²) in [6.07, 6.45) is 0. The number of nitrogens with one attached hydrogen (secondary N) is 1. The van der Waals surface area contributed by atoms with Gasteiger partial charge in [0.1, 0.15) is 6.61 Å². The Morgan fingerprint density at radius 2 is 2.00 bits per heavy atom. The van der Waals surface area contributed by atoms with Crippen LogP contribution >= 0.6 is 0 Å². The van der Waals surface area contributed by atoms with Crippen LogP contribution in [0.25, 0.3) is 0 Å². The van der Waals surface area contributed by atoms with E-state index < -0.39 is 11.4 Å². The predicted octanol–water partition coefficient (Wildman–Crippen LogP) is 1.96. The Morgan fingerprint density at radius 1 is 1.32 bits per heavy atom. The van der Waals surface area contributed by atoms with Crippen molar-refractivity contribution in [1.29, 1.82) is 0 Å². The van der Waals surface area contributed by atoms with Crippen molar-refractivity contribution in [2.75, 3.05) is 0 Å². The van der Waals surface area contributed by atoms with Crippen LogP contribution in [-0.4, -0.2) is 16.1 Å². The molecule has 0 saturated heterocycles. The van der Waals surface area contributed by atoms with Gasteiger partial charge in [-0.25, -0.2) is 4.79 Å². The van der Waals surface area contributed by atoms with Gasteiger partial charge in [-0.15, -0.1) is 0 Å². The third kappa shape index (κ3) is 3.01. The summed E-state index contributed by atoms with van der Waals surface area (Å²) in [6.45, 7) is 1.86. The standard InChI is InChI=1S/C14H13NO4/c1-9-7-11(16)12(14(17)18)13(15-9)19-8-10-5-3-2-4-6-10/h2-7H,8H2,1H3,(H,15,16)(H,17,18). The second kappa shape index (κ2) is 5.39. The lowest BCUT2D eigenvalue weighted by molar-refractivity contribution is 0.0689. The molecular formula is C14H13NO4. The monoisotopic (exact) mass is 259 g/mol. The Labute approximate surface area is 109 Å². The summed E-state index contributed by atoms with van der Waals surface area (Å²) in [7, 11) is 0. The number of carboxylic acids is 1. The summed E-state index contributed by atoms with van der Waals surface area (Å²) >= 11 is 0. The Morgan fingerprint density at radius 3 is 2.63 bits per heavy atom. The number of benzene rings is 1. The van der Waals surface area contributed by atoms with E-state index in [9.17, 15) is 9.59 Å². The molecule has 0 amide bonds. The van der Waals surface area contributed by atoms with Gasteiger partial charge in [0.2, 0.25) is 5.88 Å². The third-order valence-electron chi connectivity index (χ3n) is 2.57. The minimum Gasteiger partial charge on any atom is -0.477 e. The number of carbonyl (C=O) groups is 1. The van der Waals surface area contributed by atoms with Crippen LogP contribution in [0.15, 0.2) is 41.2 Å². The molecule has 1 aromatic carbocycles. The fraction of sp³-hybridized carbons (Fsp3) is 0.143. The Balaban J connectivity index is 2.29.